The molecular weight excluding hydrogens is 694 g/mol. The molecule has 2 bridgehead atoms. The fourth-order valence-electron chi connectivity index (χ4n) is 10.1. The number of rotatable bonds is 4. The molecule has 0 aromatic heterocycles. The van der Waals surface area contributed by atoms with Gasteiger partial charge in [0.1, 0.15) is 35.5 Å². The molecule has 2 aliphatic carbocycles. The van der Waals surface area contributed by atoms with E-state index in [4.69, 9.17) is 33.2 Å². The second kappa shape index (κ2) is 16.6. The van der Waals surface area contributed by atoms with E-state index in [0.29, 0.717) is 61.5 Å². The number of carbonyl (C=O) groups is 1. The number of ether oxygens (including phenoxy) is 7. The van der Waals surface area contributed by atoms with Crippen LogP contribution in [0.15, 0.2) is 52.3 Å². The normalized spacial score (nSPS) is 46.2. The summed E-state index contributed by atoms with van der Waals surface area (Å²) in [5.74, 6) is -1.65. The third-order valence-electron chi connectivity index (χ3n) is 13.2. The van der Waals surface area contributed by atoms with Crippen LogP contribution in [0, 0.1) is 17.8 Å². The first kappa shape index (κ1) is 39.8. The van der Waals surface area contributed by atoms with Crippen molar-refractivity contribution in [2.24, 2.45) is 22.9 Å². The Morgan fingerprint density at radius 3 is 2.57 bits per heavy atom. The second-order valence-corrected chi connectivity index (χ2v) is 16.9. The number of hydrogen-bond acceptors (Lipinski definition) is 12. The Bertz CT molecular complexity index is 1520. The van der Waals surface area contributed by atoms with Gasteiger partial charge in [0.05, 0.1) is 37.1 Å². The fraction of sp³-hybridized carbons (Fsp3) is 0.762. The molecule has 5 heterocycles. The third kappa shape index (κ3) is 7.92. The van der Waals surface area contributed by atoms with Crippen LogP contribution in [-0.2, 0) is 38.0 Å². The Balaban J connectivity index is 1.23. The molecule has 4 saturated heterocycles. The minimum atomic E-state index is -1.82. The van der Waals surface area contributed by atoms with Gasteiger partial charge in [-0.3, -0.25) is 4.79 Å². The molecule has 2 unspecified atom stereocenters. The van der Waals surface area contributed by atoms with Crippen LogP contribution in [0.3, 0.4) is 0 Å². The van der Waals surface area contributed by atoms with E-state index in [9.17, 15) is 20.2 Å². The Morgan fingerprint density at radius 1 is 1.02 bits per heavy atom. The minimum absolute atomic E-state index is 0.0415. The third-order valence-corrected chi connectivity index (χ3v) is 13.2. The van der Waals surface area contributed by atoms with Crippen molar-refractivity contribution in [1.29, 1.82) is 0 Å². The zero-order chi connectivity index (χ0) is 38.2. The van der Waals surface area contributed by atoms with Crippen molar-refractivity contribution in [1.82, 2.24) is 0 Å². The van der Waals surface area contributed by atoms with Crippen LogP contribution in [0.2, 0.25) is 0 Å². The standard InChI is InChI=1S/C42H61NO11/c1-24-15-16-30-20-31(22-41(53-30)18-17-25(2)38(54-41)28-11-7-6-8-12-28)51-40(45)32-19-26(3)36(43-47)39-42(32,46)29(23-49-39)13-9-10-14-33(24)52-35-21-34(48-5)37(44)27(4)50-35/h9-10,13,15,19,25,27-28,30-35,37-39,44,46-47H,6-8,11-12,14,16-18,20-23H2,1-5H3/b10-9+,24-15?,29-13+,43-36+/t25-,27?,30+,31-,32-,33-,34+,35-,37-,38-,39+,41?,42+/m0/s1. The smallest absolute Gasteiger partial charge is 0.316 e. The lowest BCUT2D eigenvalue weighted by Gasteiger charge is -2.51. The molecule has 1 spiro atoms. The molecule has 0 amide bonds. The first-order chi connectivity index (χ1) is 25.9. The quantitative estimate of drug-likeness (QED) is 0.138. The lowest BCUT2D eigenvalue weighted by atomic mass is 9.71. The molecule has 0 aromatic carbocycles. The molecule has 3 N–H and O–H groups in total. The number of carbonyl (C=O) groups excluding carboxylic acids is 1. The molecule has 5 aliphatic heterocycles. The Hall–Kier alpha value is -2.42. The highest BCUT2D eigenvalue weighted by molar-refractivity contribution is 6.06. The van der Waals surface area contributed by atoms with Crippen LogP contribution < -0.4 is 0 Å². The van der Waals surface area contributed by atoms with Gasteiger partial charge < -0.3 is 48.6 Å². The summed E-state index contributed by atoms with van der Waals surface area (Å²) in [4.78, 5) is 14.3. The summed E-state index contributed by atoms with van der Waals surface area (Å²) in [6.07, 6.45) is 14.9. The number of aliphatic hydroxyl groups is 2. The van der Waals surface area contributed by atoms with Gasteiger partial charge in [0.2, 0.25) is 0 Å². The van der Waals surface area contributed by atoms with E-state index in [0.717, 1.165) is 24.8 Å². The van der Waals surface area contributed by atoms with Crippen molar-refractivity contribution >= 4 is 11.7 Å². The van der Waals surface area contributed by atoms with Gasteiger partial charge in [-0.1, -0.05) is 61.7 Å². The summed E-state index contributed by atoms with van der Waals surface area (Å²) in [7, 11) is 1.58. The van der Waals surface area contributed by atoms with Crippen LogP contribution in [0.4, 0.5) is 0 Å². The first-order valence-electron chi connectivity index (χ1n) is 20.3. The number of fused-ring (bicyclic) bond motifs is 2. The Labute approximate surface area is 319 Å². The highest BCUT2D eigenvalue weighted by Gasteiger charge is 2.60. The van der Waals surface area contributed by atoms with Crippen LogP contribution in [0.25, 0.3) is 0 Å². The van der Waals surface area contributed by atoms with Gasteiger partial charge in [-0.2, -0.15) is 0 Å². The van der Waals surface area contributed by atoms with Crippen molar-refractivity contribution in [2.45, 2.75) is 171 Å². The minimum Gasteiger partial charge on any atom is -0.462 e. The predicted molar refractivity (Wildman–Crippen MR) is 199 cm³/mol. The fourth-order valence-corrected chi connectivity index (χ4v) is 10.1. The highest BCUT2D eigenvalue weighted by atomic mass is 16.7. The van der Waals surface area contributed by atoms with Crippen molar-refractivity contribution in [2.75, 3.05) is 13.7 Å². The van der Waals surface area contributed by atoms with Crippen LogP contribution >= 0.6 is 0 Å². The van der Waals surface area contributed by atoms with Gasteiger partial charge in [-0.05, 0) is 81.4 Å². The van der Waals surface area contributed by atoms with Gasteiger partial charge in [-0.25, -0.2) is 0 Å². The average Bonchev–Trinajstić information content (AvgIpc) is 3.49. The summed E-state index contributed by atoms with van der Waals surface area (Å²) >= 11 is 0. The molecule has 0 aromatic rings. The number of aliphatic hydroxyl groups excluding tert-OH is 1. The van der Waals surface area contributed by atoms with Gasteiger partial charge in [-0.15, -0.1) is 0 Å². The van der Waals surface area contributed by atoms with Crippen LogP contribution in [0.5, 0.6) is 0 Å². The summed E-state index contributed by atoms with van der Waals surface area (Å²) in [6.45, 7) is 7.93. The predicted octanol–water partition coefficient (Wildman–Crippen LogP) is 5.82. The van der Waals surface area contributed by atoms with Gasteiger partial charge in [0.15, 0.2) is 12.1 Å². The summed E-state index contributed by atoms with van der Waals surface area (Å²) in [6, 6.07) is 0. The monoisotopic (exact) mass is 755 g/mol. The molecule has 7 rings (SSSR count). The lowest BCUT2D eigenvalue weighted by Crippen LogP contribution is -2.57. The van der Waals surface area contributed by atoms with Gasteiger partial charge in [0.25, 0.3) is 0 Å². The number of nitrogens with zero attached hydrogens (tertiary/aromatic N) is 1. The Kier molecular flexibility index (Phi) is 12.2. The molecule has 1 saturated carbocycles. The van der Waals surface area contributed by atoms with E-state index < -0.39 is 60.1 Å². The molecular formula is C42H61NO11. The largest absolute Gasteiger partial charge is 0.462 e. The maximum absolute atomic E-state index is 14.3. The highest BCUT2D eigenvalue weighted by Crippen LogP contribution is 2.48. The van der Waals surface area contributed by atoms with Gasteiger partial charge in [0, 0.05) is 32.8 Å². The van der Waals surface area contributed by atoms with Crippen LogP contribution in [0.1, 0.15) is 105 Å². The lowest BCUT2D eigenvalue weighted by molar-refractivity contribution is -0.342. The van der Waals surface area contributed by atoms with Crippen molar-refractivity contribution in [3.63, 3.8) is 0 Å². The summed E-state index contributed by atoms with van der Waals surface area (Å²) in [5, 5.41) is 36.5. The maximum atomic E-state index is 14.3. The second-order valence-electron chi connectivity index (χ2n) is 16.9. The number of oxime groups is 1. The summed E-state index contributed by atoms with van der Waals surface area (Å²) in [5.41, 5.74) is 0.380. The summed E-state index contributed by atoms with van der Waals surface area (Å²) < 4.78 is 44.8. The van der Waals surface area contributed by atoms with Crippen LogP contribution in [-0.4, -0.2) is 107 Å². The SMILES string of the molecule is CO[C@@H]1C[C@H](O[C@H]2C/C=C/C=C3\CO[C@@H]4/C(=N/O)C(C)=C[C@@H](C(=O)O[C@H]5C[C@@H](CC=C2C)OC2(CC[C@H](C)[C@@H](C6CCCCC6)O2)C5)[C@]34O)OC(C)[C@@H]1O. The van der Waals surface area contributed by atoms with E-state index in [1.807, 2.05) is 26.0 Å². The van der Waals surface area contributed by atoms with Crippen molar-refractivity contribution in [3.8, 4) is 0 Å². The average molecular weight is 756 g/mol. The molecule has 12 heteroatoms. The zero-order valence-corrected chi connectivity index (χ0v) is 32.6. The van der Waals surface area contributed by atoms with Crippen molar-refractivity contribution < 1.29 is 53.4 Å². The zero-order valence-electron chi connectivity index (χ0n) is 32.6. The molecule has 12 nitrogen and oxygen atoms in total. The first-order valence-corrected chi connectivity index (χ1v) is 20.3. The van der Waals surface area contributed by atoms with E-state index >= 15 is 0 Å². The number of esters is 1. The molecule has 300 valence electrons. The van der Waals surface area contributed by atoms with E-state index in [1.165, 1.54) is 19.3 Å². The van der Waals surface area contributed by atoms with E-state index in [-0.39, 0.29) is 30.6 Å². The molecule has 7 aliphatic rings. The topological polar surface area (TPSA) is 155 Å². The Morgan fingerprint density at radius 2 is 1.81 bits per heavy atom. The van der Waals surface area contributed by atoms with Crippen molar-refractivity contribution in [3.05, 3.63) is 47.1 Å². The van der Waals surface area contributed by atoms with Gasteiger partial charge >= 0.3 is 5.97 Å². The number of allylic oxidation sites excluding steroid dienone is 2. The van der Waals surface area contributed by atoms with E-state index in [1.54, 1.807) is 26.2 Å². The number of hydrogen-bond donors (Lipinski definition) is 3. The molecule has 5 fully saturated rings. The molecule has 13 atom stereocenters. The number of methoxy groups -OCH3 is 1. The molecule has 0 radical (unpaired) electrons. The maximum Gasteiger partial charge on any atom is 0.316 e. The van der Waals surface area contributed by atoms with E-state index in [2.05, 4.69) is 18.2 Å². The molecule has 54 heavy (non-hydrogen) atoms.